The van der Waals surface area contributed by atoms with E-state index in [-0.39, 0.29) is 29.3 Å². The highest BCUT2D eigenvalue weighted by Gasteiger charge is 2.37. The van der Waals surface area contributed by atoms with Crippen molar-refractivity contribution in [3.8, 4) is 0 Å². The number of aryl methyl sites for hydroxylation is 1. The summed E-state index contributed by atoms with van der Waals surface area (Å²) in [5.41, 5.74) is -1.53. The summed E-state index contributed by atoms with van der Waals surface area (Å²) in [6.07, 6.45) is -4.67. The number of hydrogen-bond donors (Lipinski definition) is 1. The third-order valence-electron chi connectivity index (χ3n) is 6.28. The van der Waals surface area contributed by atoms with Crippen LogP contribution in [0.3, 0.4) is 0 Å². The fourth-order valence-corrected chi connectivity index (χ4v) is 5.47. The lowest BCUT2D eigenvalue weighted by atomic mass is 10.0. The number of alkyl halides is 3. The number of nitrogens with zero attached hydrogens (tertiary/aromatic N) is 3. The van der Waals surface area contributed by atoms with Crippen molar-refractivity contribution < 1.29 is 40.9 Å². The average molecular weight is 598 g/mol. The zero-order chi connectivity index (χ0) is 30.5. The number of phosphoric ester groups is 1. The van der Waals surface area contributed by atoms with Crippen LogP contribution in [0.25, 0.3) is 0 Å². The second-order valence-electron chi connectivity index (χ2n) is 10.5. The minimum Gasteiger partial charge on any atom is -0.322 e. The Kier molecular flexibility index (Phi) is 7.96. The molecule has 0 saturated carbocycles. The predicted molar refractivity (Wildman–Crippen MR) is 144 cm³/mol. The number of benzene rings is 2. The van der Waals surface area contributed by atoms with E-state index in [2.05, 4.69) is 0 Å². The Morgan fingerprint density at radius 2 is 1.59 bits per heavy atom. The molecule has 0 bridgehead atoms. The lowest BCUT2D eigenvalue weighted by Crippen LogP contribution is -2.46. The fourth-order valence-electron chi connectivity index (χ4n) is 4.47. The number of amides is 1. The second-order valence-corrected chi connectivity index (χ2v) is 11.8. The van der Waals surface area contributed by atoms with Gasteiger partial charge in [0.15, 0.2) is 0 Å². The highest BCUT2D eigenvalue weighted by atomic mass is 31.2. The van der Waals surface area contributed by atoms with Gasteiger partial charge in [0.25, 0.3) is 11.5 Å². The van der Waals surface area contributed by atoms with Gasteiger partial charge in [0.1, 0.15) is 19.2 Å². The number of anilines is 3. The number of phosphoric acid groups is 1. The van der Waals surface area contributed by atoms with Gasteiger partial charge < -0.3 is 9.79 Å². The number of fused-ring (bicyclic) bond motifs is 1. The zero-order valence-electron chi connectivity index (χ0n) is 22.8. The Balaban J connectivity index is 1.80. The summed E-state index contributed by atoms with van der Waals surface area (Å²) >= 11 is 0. The normalized spacial score (nSPS) is 15.6. The third-order valence-corrected chi connectivity index (χ3v) is 7.50. The minimum absolute atomic E-state index is 0.0226. The Morgan fingerprint density at radius 1 is 0.927 bits per heavy atom. The molecule has 1 aliphatic rings. The molecule has 2 aromatic carbocycles. The van der Waals surface area contributed by atoms with Crippen molar-refractivity contribution in [2.75, 3.05) is 16.5 Å². The second kappa shape index (κ2) is 10.7. The molecule has 0 aliphatic carbocycles. The van der Waals surface area contributed by atoms with Gasteiger partial charge in [-0.2, -0.15) is 13.2 Å². The van der Waals surface area contributed by atoms with E-state index < -0.39 is 49.2 Å². The van der Waals surface area contributed by atoms with Crippen LogP contribution in [0.1, 0.15) is 48.0 Å². The van der Waals surface area contributed by atoms with Crippen molar-refractivity contribution in [1.29, 1.82) is 0 Å². The predicted octanol–water partition coefficient (Wildman–Crippen LogP) is 6.27. The Morgan fingerprint density at radius 3 is 2.20 bits per heavy atom. The van der Waals surface area contributed by atoms with Crippen LogP contribution in [0.5, 0.6) is 0 Å². The minimum atomic E-state index is -4.67. The van der Waals surface area contributed by atoms with Crippen molar-refractivity contribution in [3.63, 3.8) is 0 Å². The lowest BCUT2D eigenvalue weighted by molar-refractivity contribution is -0.137. The molecule has 220 valence electrons. The van der Waals surface area contributed by atoms with Crippen molar-refractivity contribution in [1.82, 2.24) is 4.57 Å². The number of carbonyl (C=O) groups is 1. The molecule has 1 aromatic heterocycles. The van der Waals surface area contributed by atoms with Gasteiger partial charge in [-0.15, -0.1) is 0 Å². The molecule has 9 nitrogen and oxygen atoms in total. The van der Waals surface area contributed by atoms with E-state index in [0.717, 1.165) is 34.9 Å². The smallest absolute Gasteiger partial charge is 0.322 e. The van der Waals surface area contributed by atoms with E-state index in [9.17, 15) is 36.6 Å². The average Bonchev–Trinajstić information content (AvgIpc) is 2.83. The first-order valence-electron chi connectivity index (χ1n) is 12.3. The molecule has 3 aromatic rings. The number of aromatic nitrogens is 1. The molecule has 1 aliphatic heterocycles. The number of halogens is 4. The SMILES string of the molecule is Cc1cc(F)ccc1N1CN(c2ccc(=O)n(COP(=O)(O)OC(C)(C)C)c2C)C(=O)c2ccc(C(F)(F)F)cc21. The van der Waals surface area contributed by atoms with Crippen LogP contribution >= 0.6 is 7.82 Å². The van der Waals surface area contributed by atoms with Gasteiger partial charge in [-0.05, 0) is 82.6 Å². The van der Waals surface area contributed by atoms with Gasteiger partial charge in [-0.1, -0.05) is 0 Å². The van der Waals surface area contributed by atoms with Gasteiger partial charge in [0.05, 0.1) is 28.1 Å². The monoisotopic (exact) mass is 597 g/mol. The molecule has 1 unspecified atom stereocenters. The molecule has 2 heterocycles. The van der Waals surface area contributed by atoms with Crippen LogP contribution in [0, 0.1) is 19.7 Å². The highest BCUT2D eigenvalue weighted by molar-refractivity contribution is 7.47. The van der Waals surface area contributed by atoms with Gasteiger partial charge in [-0.3, -0.25) is 28.1 Å². The van der Waals surface area contributed by atoms with Crippen LogP contribution in [0.4, 0.5) is 34.6 Å². The van der Waals surface area contributed by atoms with E-state index >= 15 is 0 Å². The first kappa shape index (κ1) is 30.4. The van der Waals surface area contributed by atoms with E-state index in [1.165, 1.54) is 34.9 Å². The number of carbonyl (C=O) groups excluding carboxylic acids is 1. The Bertz CT molecular complexity index is 1620. The highest BCUT2D eigenvalue weighted by Crippen LogP contribution is 2.47. The Hall–Kier alpha value is -3.51. The maximum atomic E-state index is 13.9. The van der Waals surface area contributed by atoms with Crippen LogP contribution in [0.15, 0.2) is 53.3 Å². The van der Waals surface area contributed by atoms with Gasteiger partial charge >= 0.3 is 14.0 Å². The van der Waals surface area contributed by atoms with Gasteiger partial charge in [-0.25, -0.2) is 8.96 Å². The summed E-state index contributed by atoms with van der Waals surface area (Å²) in [6.45, 7) is 6.73. The molecular weight excluding hydrogens is 569 g/mol. The third kappa shape index (κ3) is 6.54. The lowest BCUT2D eigenvalue weighted by Gasteiger charge is -2.39. The maximum Gasteiger partial charge on any atom is 0.474 e. The number of hydrogen-bond acceptors (Lipinski definition) is 6. The van der Waals surface area contributed by atoms with Crippen molar-refractivity contribution in [2.45, 2.75) is 53.1 Å². The first-order valence-corrected chi connectivity index (χ1v) is 13.8. The molecule has 0 fully saturated rings. The van der Waals surface area contributed by atoms with Gasteiger partial charge in [0.2, 0.25) is 0 Å². The van der Waals surface area contributed by atoms with E-state index in [0.29, 0.717) is 11.3 Å². The summed E-state index contributed by atoms with van der Waals surface area (Å²) < 4.78 is 78.1. The molecular formula is C27H28F4N3O6P. The van der Waals surface area contributed by atoms with Crippen LogP contribution in [0.2, 0.25) is 0 Å². The molecule has 41 heavy (non-hydrogen) atoms. The first-order chi connectivity index (χ1) is 18.9. The number of rotatable bonds is 6. The van der Waals surface area contributed by atoms with Gasteiger partial charge in [0, 0.05) is 17.4 Å². The summed E-state index contributed by atoms with van der Waals surface area (Å²) in [6, 6.07) is 9.00. The largest absolute Gasteiger partial charge is 0.474 e. The molecule has 1 atom stereocenters. The van der Waals surface area contributed by atoms with E-state index in [1.807, 2.05) is 0 Å². The molecule has 0 spiro atoms. The molecule has 1 N–H and O–H groups in total. The summed E-state index contributed by atoms with van der Waals surface area (Å²) in [7, 11) is -4.57. The standard InChI is InChI=1S/C27H28F4N3O6P/c1-16-12-19(28)7-9-21(16)32-14-33(25(36)20-8-6-18(13-23(20)32)27(29,30)31)22-10-11-24(35)34(17(22)2)15-39-41(37,38)40-26(3,4)5/h6-13H,14-15H2,1-5H3,(H,37,38). The molecule has 14 heteroatoms. The van der Waals surface area contributed by atoms with Crippen molar-refractivity contribution >= 4 is 30.8 Å². The maximum absolute atomic E-state index is 13.9. The van der Waals surface area contributed by atoms with E-state index in [1.54, 1.807) is 27.7 Å². The quantitative estimate of drug-likeness (QED) is 0.264. The van der Waals surface area contributed by atoms with E-state index in [4.69, 9.17) is 9.05 Å². The summed E-state index contributed by atoms with van der Waals surface area (Å²) in [5, 5.41) is 0. The van der Waals surface area contributed by atoms with Crippen LogP contribution in [-0.4, -0.2) is 27.6 Å². The molecule has 1 amide bonds. The van der Waals surface area contributed by atoms with Crippen molar-refractivity contribution in [2.24, 2.45) is 0 Å². The zero-order valence-corrected chi connectivity index (χ0v) is 23.7. The fraction of sp³-hybridized carbons (Fsp3) is 0.333. The number of pyridine rings is 1. The van der Waals surface area contributed by atoms with Crippen molar-refractivity contribution in [3.05, 3.63) is 87.1 Å². The summed E-state index contributed by atoms with van der Waals surface area (Å²) in [4.78, 5) is 39.1. The molecule has 0 saturated heterocycles. The van der Waals surface area contributed by atoms with Crippen LogP contribution in [-0.2, 0) is 26.5 Å². The molecule has 4 rings (SSSR count). The summed E-state index contributed by atoms with van der Waals surface area (Å²) in [5.74, 6) is -1.19. The topological polar surface area (TPSA) is 101 Å². The van der Waals surface area contributed by atoms with Crippen LogP contribution < -0.4 is 15.4 Å². The molecule has 0 radical (unpaired) electrons. The Labute approximate surface area is 233 Å².